The highest BCUT2D eigenvalue weighted by Gasteiger charge is 2.27. The number of nitrogens with zero attached hydrogens (tertiary/aromatic N) is 1. The molecule has 1 aromatic carbocycles. The first-order valence-electron chi connectivity index (χ1n) is 6.60. The standard InChI is InChI=1S/C14H18Cl2N2O/c1-2-18(13-9-11(15)3-4-12(13)16)14(19)10-5-7-17-8-6-10/h3-4,9-10,17H,2,5-8H2,1H3. The van der Waals surface area contributed by atoms with Gasteiger partial charge in [-0.05, 0) is 51.1 Å². The summed E-state index contributed by atoms with van der Waals surface area (Å²) in [5.74, 6) is 0.226. The molecule has 104 valence electrons. The van der Waals surface area contributed by atoms with Gasteiger partial charge in [-0.15, -0.1) is 0 Å². The first-order chi connectivity index (χ1) is 9.13. The summed E-state index contributed by atoms with van der Waals surface area (Å²) in [6.45, 7) is 4.35. The number of anilines is 1. The third-order valence-corrected chi connectivity index (χ3v) is 4.02. The van der Waals surface area contributed by atoms with Crippen molar-refractivity contribution < 1.29 is 4.79 Å². The van der Waals surface area contributed by atoms with Gasteiger partial charge in [-0.25, -0.2) is 0 Å². The second-order valence-electron chi connectivity index (χ2n) is 4.70. The second kappa shape index (κ2) is 6.60. The molecule has 1 saturated heterocycles. The Balaban J connectivity index is 2.23. The Labute approximate surface area is 123 Å². The fourth-order valence-electron chi connectivity index (χ4n) is 2.43. The van der Waals surface area contributed by atoms with Crippen LogP contribution in [0.15, 0.2) is 18.2 Å². The van der Waals surface area contributed by atoms with E-state index in [1.54, 1.807) is 23.1 Å². The van der Waals surface area contributed by atoms with Gasteiger partial charge in [-0.3, -0.25) is 4.79 Å². The molecule has 19 heavy (non-hydrogen) atoms. The zero-order valence-corrected chi connectivity index (χ0v) is 12.5. The minimum Gasteiger partial charge on any atom is -0.317 e. The van der Waals surface area contributed by atoms with Crippen molar-refractivity contribution in [3.8, 4) is 0 Å². The van der Waals surface area contributed by atoms with Gasteiger partial charge in [0.25, 0.3) is 0 Å². The summed E-state index contributed by atoms with van der Waals surface area (Å²) >= 11 is 12.2. The molecular formula is C14H18Cl2N2O. The van der Waals surface area contributed by atoms with E-state index in [0.29, 0.717) is 22.3 Å². The van der Waals surface area contributed by atoms with Gasteiger partial charge in [0.05, 0.1) is 10.7 Å². The molecule has 0 atom stereocenters. The van der Waals surface area contributed by atoms with Gasteiger partial charge in [0.1, 0.15) is 0 Å². The Bertz CT molecular complexity index is 459. The Hall–Kier alpha value is -0.770. The maximum absolute atomic E-state index is 12.6. The van der Waals surface area contributed by atoms with Crippen LogP contribution >= 0.6 is 23.2 Å². The van der Waals surface area contributed by atoms with Crippen LogP contribution in [0.5, 0.6) is 0 Å². The Morgan fingerprint density at radius 2 is 2.05 bits per heavy atom. The predicted molar refractivity (Wildman–Crippen MR) is 80.1 cm³/mol. The largest absolute Gasteiger partial charge is 0.317 e. The number of piperidine rings is 1. The van der Waals surface area contributed by atoms with Crippen molar-refractivity contribution in [2.75, 3.05) is 24.5 Å². The molecule has 1 fully saturated rings. The molecule has 1 heterocycles. The minimum absolute atomic E-state index is 0.0799. The third kappa shape index (κ3) is 3.41. The summed E-state index contributed by atoms with van der Waals surface area (Å²) < 4.78 is 0. The van der Waals surface area contributed by atoms with Crippen molar-refractivity contribution in [3.05, 3.63) is 28.2 Å². The van der Waals surface area contributed by atoms with Gasteiger partial charge in [-0.2, -0.15) is 0 Å². The lowest BCUT2D eigenvalue weighted by molar-refractivity contribution is -0.123. The number of benzene rings is 1. The highest BCUT2D eigenvalue weighted by molar-refractivity contribution is 6.35. The number of carbonyl (C=O) groups excluding carboxylic acids is 1. The summed E-state index contributed by atoms with van der Waals surface area (Å²) in [4.78, 5) is 14.3. The van der Waals surface area contributed by atoms with Crippen LogP contribution < -0.4 is 10.2 Å². The van der Waals surface area contributed by atoms with Crippen LogP contribution in [-0.2, 0) is 4.79 Å². The van der Waals surface area contributed by atoms with E-state index in [9.17, 15) is 4.79 Å². The average Bonchev–Trinajstić information content (AvgIpc) is 2.44. The molecule has 1 aliphatic rings. The lowest BCUT2D eigenvalue weighted by atomic mass is 9.96. The van der Waals surface area contributed by atoms with E-state index >= 15 is 0 Å². The van der Waals surface area contributed by atoms with E-state index in [1.165, 1.54) is 0 Å². The molecule has 0 aromatic heterocycles. The molecule has 0 radical (unpaired) electrons. The lowest BCUT2D eigenvalue weighted by Crippen LogP contribution is -2.41. The maximum Gasteiger partial charge on any atom is 0.230 e. The summed E-state index contributed by atoms with van der Waals surface area (Å²) in [5, 5.41) is 4.43. The fraction of sp³-hybridized carbons (Fsp3) is 0.500. The van der Waals surface area contributed by atoms with Crippen LogP contribution in [0.3, 0.4) is 0 Å². The predicted octanol–water partition coefficient (Wildman–Crippen LogP) is 3.35. The van der Waals surface area contributed by atoms with E-state index in [2.05, 4.69) is 5.32 Å². The summed E-state index contributed by atoms with van der Waals surface area (Å²) in [5.41, 5.74) is 0.709. The number of rotatable bonds is 3. The molecule has 0 unspecified atom stereocenters. The van der Waals surface area contributed by atoms with Crippen LogP contribution in [0, 0.1) is 5.92 Å². The van der Waals surface area contributed by atoms with Gasteiger partial charge in [-0.1, -0.05) is 23.2 Å². The summed E-state index contributed by atoms with van der Waals surface area (Å²) in [7, 11) is 0. The molecule has 0 spiro atoms. The average molecular weight is 301 g/mol. The lowest BCUT2D eigenvalue weighted by Gasteiger charge is -2.29. The number of hydrogen-bond donors (Lipinski definition) is 1. The number of halogens is 2. The Kier molecular flexibility index (Phi) is 5.08. The number of hydrogen-bond acceptors (Lipinski definition) is 2. The van der Waals surface area contributed by atoms with Gasteiger partial charge in [0.15, 0.2) is 0 Å². The molecule has 3 nitrogen and oxygen atoms in total. The van der Waals surface area contributed by atoms with Crippen molar-refractivity contribution in [1.82, 2.24) is 5.32 Å². The van der Waals surface area contributed by atoms with Gasteiger partial charge >= 0.3 is 0 Å². The van der Waals surface area contributed by atoms with Crippen molar-refractivity contribution >= 4 is 34.8 Å². The molecule has 1 aliphatic heterocycles. The van der Waals surface area contributed by atoms with E-state index in [4.69, 9.17) is 23.2 Å². The quantitative estimate of drug-likeness (QED) is 0.928. The Morgan fingerprint density at radius 1 is 1.37 bits per heavy atom. The van der Waals surface area contributed by atoms with E-state index in [0.717, 1.165) is 25.9 Å². The van der Waals surface area contributed by atoms with Crippen molar-refractivity contribution in [1.29, 1.82) is 0 Å². The van der Waals surface area contributed by atoms with Crippen LogP contribution in [-0.4, -0.2) is 25.5 Å². The van der Waals surface area contributed by atoms with Crippen molar-refractivity contribution in [3.63, 3.8) is 0 Å². The molecule has 1 aromatic rings. The fourth-order valence-corrected chi connectivity index (χ4v) is 2.81. The smallest absolute Gasteiger partial charge is 0.230 e. The topological polar surface area (TPSA) is 32.3 Å². The number of carbonyl (C=O) groups is 1. The first-order valence-corrected chi connectivity index (χ1v) is 7.36. The van der Waals surface area contributed by atoms with Crippen LogP contribution in [0.4, 0.5) is 5.69 Å². The number of amides is 1. The number of nitrogens with one attached hydrogen (secondary N) is 1. The monoisotopic (exact) mass is 300 g/mol. The van der Waals surface area contributed by atoms with Crippen LogP contribution in [0.25, 0.3) is 0 Å². The highest BCUT2D eigenvalue weighted by atomic mass is 35.5. The second-order valence-corrected chi connectivity index (χ2v) is 5.55. The first kappa shape index (κ1) is 14.6. The van der Waals surface area contributed by atoms with E-state index in [-0.39, 0.29) is 11.8 Å². The van der Waals surface area contributed by atoms with E-state index in [1.807, 2.05) is 6.92 Å². The minimum atomic E-state index is 0.0799. The molecule has 2 rings (SSSR count). The van der Waals surface area contributed by atoms with Crippen LogP contribution in [0.1, 0.15) is 19.8 Å². The van der Waals surface area contributed by atoms with Gasteiger partial charge in [0, 0.05) is 17.5 Å². The van der Waals surface area contributed by atoms with Gasteiger partial charge in [0.2, 0.25) is 5.91 Å². The Morgan fingerprint density at radius 3 is 2.68 bits per heavy atom. The SMILES string of the molecule is CCN(C(=O)C1CCNCC1)c1cc(Cl)ccc1Cl. The molecule has 5 heteroatoms. The molecule has 1 N–H and O–H groups in total. The molecule has 0 aliphatic carbocycles. The molecule has 1 amide bonds. The maximum atomic E-state index is 12.6. The highest BCUT2D eigenvalue weighted by Crippen LogP contribution is 2.30. The molecular weight excluding hydrogens is 283 g/mol. The third-order valence-electron chi connectivity index (χ3n) is 3.47. The van der Waals surface area contributed by atoms with E-state index < -0.39 is 0 Å². The van der Waals surface area contributed by atoms with Crippen molar-refractivity contribution in [2.45, 2.75) is 19.8 Å². The molecule has 0 saturated carbocycles. The zero-order valence-electron chi connectivity index (χ0n) is 11.0. The van der Waals surface area contributed by atoms with Crippen molar-refractivity contribution in [2.24, 2.45) is 5.92 Å². The molecule has 0 bridgehead atoms. The normalized spacial score (nSPS) is 16.4. The van der Waals surface area contributed by atoms with Gasteiger partial charge < -0.3 is 10.2 Å². The zero-order chi connectivity index (χ0) is 13.8. The summed E-state index contributed by atoms with van der Waals surface area (Å²) in [6, 6.07) is 5.22. The summed E-state index contributed by atoms with van der Waals surface area (Å²) in [6.07, 6.45) is 1.76. The van der Waals surface area contributed by atoms with Crippen LogP contribution in [0.2, 0.25) is 10.0 Å².